The van der Waals surface area contributed by atoms with Crippen LogP contribution in [0.2, 0.25) is 0 Å². The number of amides is 1. The molecule has 0 aliphatic rings. The van der Waals surface area contributed by atoms with Crippen molar-refractivity contribution in [3.63, 3.8) is 0 Å². The zero-order valence-corrected chi connectivity index (χ0v) is 37.2. The van der Waals surface area contributed by atoms with Crippen molar-refractivity contribution < 1.29 is 28.6 Å². The van der Waals surface area contributed by atoms with Gasteiger partial charge in [0.05, 0.1) is 13.2 Å². The van der Waals surface area contributed by atoms with Gasteiger partial charge in [-0.3, -0.25) is 9.59 Å². The predicted molar refractivity (Wildman–Crippen MR) is 232 cm³/mol. The van der Waals surface area contributed by atoms with Crippen LogP contribution in [0, 0.1) is 5.92 Å². The first kappa shape index (κ1) is 53.2. The van der Waals surface area contributed by atoms with Crippen LogP contribution >= 0.6 is 0 Å². The largest absolute Gasteiger partial charge is 0.508 e. The second kappa shape index (κ2) is 41.8. The standard InChI is InChI=1S/C47H92N2O6/c1-6-9-12-15-18-25-32-39-53-47(52)54-40-33-26-24-31-38-49(42-43(4)41-48-44(5)50)37-30-23-19-22-29-36-46(51)55-45(34-27-20-16-13-10-7-2)35-28-21-17-14-11-8-3/h43,45H,6-42H2,1-5H3,(H,48,50). The van der Waals surface area contributed by atoms with Gasteiger partial charge in [-0.1, -0.05) is 163 Å². The molecule has 0 aliphatic carbocycles. The normalized spacial score (nSPS) is 12.0. The molecule has 0 rings (SSSR count). The highest BCUT2D eigenvalue weighted by Crippen LogP contribution is 2.18. The summed E-state index contributed by atoms with van der Waals surface area (Å²) in [6, 6.07) is 0. The number of hydrogen-bond donors (Lipinski definition) is 1. The molecule has 0 aromatic rings. The van der Waals surface area contributed by atoms with Gasteiger partial charge in [0.1, 0.15) is 6.10 Å². The molecule has 0 fully saturated rings. The molecule has 0 aromatic carbocycles. The van der Waals surface area contributed by atoms with Crippen LogP contribution in [0.5, 0.6) is 0 Å². The van der Waals surface area contributed by atoms with Gasteiger partial charge in [0.25, 0.3) is 0 Å². The van der Waals surface area contributed by atoms with E-state index in [1.165, 1.54) is 109 Å². The zero-order chi connectivity index (χ0) is 40.5. The van der Waals surface area contributed by atoms with E-state index in [1.807, 2.05) is 0 Å². The smallest absolute Gasteiger partial charge is 0.462 e. The Morgan fingerprint density at radius 1 is 0.527 bits per heavy atom. The van der Waals surface area contributed by atoms with Crippen molar-refractivity contribution in [3.8, 4) is 0 Å². The molecule has 0 spiro atoms. The lowest BCUT2D eigenvalue weighted by Crippen LogP contribution is -2.36. The molecule has 1 unspecified atom stereocenters. The van der Waals surface area contributed by atoms with Crippen LogP contribution in [-0.2, 0) is 23.8 Å². The highest BCUT2D eigenvalue weighted by atomic mass is 16.7. The molecule has 8 heteroatoms. The van der Waals surface area contributed by atoms with Crippen molar-refractivity contribution in [2.24, 2.45) is 5.92 Å². The summed E-state index contributed by atoms with van der Waals surface area (Å²) in [5, 5.41) is 2.97. The molecule has 0 heterocycles. The maximum Gasteiger partial charge on any atom is 0.508 e. The lowest BCUT2D eigenvalue weighted by Gasteiger charge is -2.26. The molecule has 0 saturated carbocycles. The van der Waals surface area contributed by atoms with Crippen molar-refractivity contribution in [3.05, 3.63) is 0 Å². The average Bonchev–Trinajstić information content (AvgIpc) is 3.16. The molecule has 0 bridgehead atoms. The second-order valence-corrected chi connectivity index (χ2v) is 16.6. The highest BCUT2D eigenvalue weighted by molar-refractivity contribution is 5.72. The number of hydrogen-bond acceptors (Lipinski definition) is 7. The Labute approximate surface area is 341 Å². The van der Waals surface area contributed by atoms with Gasteiger partial charge in [-0.25, -0.2) is 4.79 Å². The summed E-state index contributed by atoms with van der Waals surface area (Å²) >= 11 is 0. The van der Waals surface area contributed by atoms with Crippen LogP contribution in [0.15, 0.2) is 0 Å². The first-order valence-corrected chi connectivity index (χ1v) is 23.8. The molecule has 0 aromatic heterocycles. The van der Waals surface area contributed by atoms with E-state index in [-0.39, 0.29) is 18.0 Å². The fourth-order valence-corrected chi connectivity index (χ4v) is 7.27. The molecule has 8 nitrogen and oxygen atoms in total. The summed E-state index contributed by atoms with van der Waals surface area (Å²) in [5.41, 5.74) is 0. The predicted octanol–water partition coefficient (Wildman–Crippen LogP) is 13.3. The minimum atomic E-state index is -0.531. The number of nitrogens with zero attached hydrogens (tertiary/aromatic N) is 1. The van der Waals surface area contributed by atoms with Crippen LogP contribution in [0.3, 0.4) is 0 Å². The molecule has 55 heavy (non-hydrogen) atoms. The van der Waals surface area contributed by atoms with Crippen molar-refractivity contribution >= 4 is 18.0 Å². The summed E-state index contributed by atoms with van der Waals surface area (Å²) in [4.78, 5) is 38.7. The van der Waals surface area contributed by atoms with Gasteiger partial charge in [-0.2, -0.15) is 0 Å². The van der Waals surface area contributed by atoms with Gasteiger partial charge < -0.3 is 24.4 Å². The third-order valence-corrected chi connectivity index (χ3v) is 10.7. The van der Waals surface area contributed by atoms with E-state index in [9.17, 15) is 14.4 Å². The molecule has 1 amide bonds. The number of ether oxygens (including phenoxy) is 3. The number of rotatable bonds is 42. The lowest BCUT2D eigenvalue weighted by atomic mass is 10.0. The van der Waals surface area contributed by atoms with Crippen molar-refractivity contribution in [2.45, 2.75) is 240 Å². The molecule has 326 valence electrons. The van der Waals surface area contributed by atoms with Gasteiger partial charge in [-0.05, 0) is 76.8 Å². The van der Waals surface area contributed by atoms with E-state index in [0.29, 0.717) is 32.1 Å². The van der Waals surface area contributed by atoms with Gasteiger partial charge in [0.2, 0.25) is 5.91 Å². The number of nitrogens with one attached hydrogen (secondary N) is 1. The Morgan fingerprint density at radius 2 is 0.927 bits per heavy atom. The summed E-state index contributed by atoms with van der Waals surface area (Å²) in [7, 11) is 0. The van der Waals surface area contributed by atoms with Gasteiger partial charge in [0.15, 0.2) is 0 Å². The number of carbonyl (C=O) groups is 3. The van der Waals surface area contributed by atoms with E-state index in [0.717, 1.165) is 103 Å². The maximum absolute atomic E-state index is 12.8. The maximum atomic E-state index is 12.8. The minimum Gasteiger partial charge on any atom is -0.462 e. The zero-order valence-electron chi connectivity index (χ0n) is 37.2. The van der Waals surface area contributed by atoms with Gasteiger partial charge in [0, 0.05) is 26.4 Å². The number of esters is 1. The molecular formula is C47H92N2O6. The Morgan fingerprint density at radius 3 is 1.38 bits per heavy atom. The molecule has 0 saturated heterocycles. The molecule has 0 radical (unpaired) electrons. The monoisotopic (exact) mass is 781 g/mol. The second-order valence-electron chi connectivity index (χ2n) is 16.6. The van der Waals surface area contributed by atoms with Crippen LogP contribution in [-0.4, -0.2) is 68.4 Å². The molecule has 0 aliphatic heterocycles. The fraction of sp³-hybridized carbons (Fsp3) is 0.936. The summed E-state index contributed by atoms with van der Waals surface area (Å²) in [6.07, 6.45) is 35.4. The highest BCUT2D eigenvalue weighted by Gasteiger charge is 2.15. The summed E-state index contributed by atoms with van der Waals surface area (Å²) in [6.45, 7) is 15.2. The number of unbranched alkanes of at least 4 members (excludes halogenated alkanes) is 23. The first-order valence-electron chi connectivity index (χ1n) is 23.8. The van der Waals surface area contributed by atoms with E-state index in [2.05, 4.69) is 37.9 Å². The Hall–Kier alpha value is -1.83. The third kappa shape index (κ3) is 40.2. The molecule has 1 atom stereocenters. The van der Waals surface area contributed by atoms with Crippen molar-refractivity contribution in [1.82, 2.24) is 10.2 Å². The molecular weight excluding hydrogens is 689 g/mol. The molecule has 1 N–H and O–H groups in total. The third-order valence-electron chi connectivity index (χ3n) is 10.7. The SMILES string of the molecule is CCCCCCCCCOC(=O)OCCCCCCN(CCCCCCCC(=O)OC(CCCCCCCC)CCCCCCCC)CC(C)CNC(C)=O. The topological polar surface area (TPSA) is 94.2 Å². The van der Waals surface area contributed by atoms with Crippen LogP contribution in [0.1, 0.15) is 234 Å². The van der Waals surface area contributed by atoms with E-state index < -0.39 is 6.16 Å². The van der Waals surface area contributed by atoms with Gasteiger partial charge in [-0.15, -0.1) is 0 Å². The van der Waals surface area contributed by atoms with Crippen LogP contribution < -0.4 is 5.32 Å². The van der Waals surface area contributed by atoms with Crippen molar-refractivity contribution in [2.75, 3.05) is 39.4 Å². The fourth-order valence-electron chi connectivity index (χ4n) is 7.27. The van der Waals surface area contributed by atoms with E-state index in [1.54, 1.807) is 6.92 Å². The summed E-state index contributed by atoms with van der Waals surface area (Å²) in [5.74, 6) is 0.422. The summed E-state index contributed by atoms with van der Waals surface area (Å²) < 4.78 is 16.5. The van der Waals surface area contributed by atoms with E-state index >= 15 is 0 Å². The Bertz CT molecular complexity index is 839. The van der Waals surface area contributed by atoms with Crippen LogP contribution in [0.4, 0.5) is 4.79 Å². The Kier molecular flexibility index (Phi) is 40.4. The van der Waals surface area contributed by atoms with Crippen molar-refractivity contribution in [1.29, 1.82) is 0 Å². The average molecular weight is 781 g/mol. The Balaban J connectivity index is 4.33. The van der Waals surface area contributed by atoms with Crippen LogP contribution in [0.25, 0.3) is 0 Å². The first-order chi connectivity index (χ1) is 26.8. The lowest BCUT2D eigenvalue weighted by molar-refractivity contribution is -0.150. The quantitative estimate of drug-likeness (QED) is 0.0487. The number of carbonyl (C=O) groups excluding carboxylic acids is 3. The minimum absolute atomic E-state index is 0.00611. The van der Waals surface area contributed by atoms with E-state index in [4.69, 9.17) is 14.2 Å². The van der Waals surface area contributed by atoms with Gasteiger partial charge >= 0.3 is 12.1 Å².